The zero-order chi connectivity index (χ0) is 27.6. The van der Waals surface area contributed by atoms with Crippen LogP contribution >= 0.6 is 0 Å². The molecule has 1 aliphatic carbocycles. The normalized spacial score (nSPS) is 16.5. The van der Waals surface area contributed by atoms with Crippen molar-refractivity contribution in [1.29, 1.82) is 5.26 Å². The third-order valence-corrected chi connectivity index (χ3v) is 7.41. The average molecular weight is 533 g/mol. The molecule has 4 aromatic rings. The van der Waals surface area contributed by atoms with Crippen molar-refractivity contribution in [3.63, 3.8) is 0 Å². The molecule has 1 aromatic heterocycles. The highest BCUT2D eigenvalue weighted by molar-refractivity contribution is 5.63. The maximum absolute atomic E-state index is 9.02. The Morgan fingerprint density at radius 3 is 2.20 bits per heavy atom. The van der Waals surface area contributed by atoms with E-state index < -0.39 is 0 Å². The molecule has 3 N–H and O–H groups in total. The van der Waals surface area contributed by atoms with Crippen LogP contribution in [0.15, 0.2) is 97.2 Å². The number of benzene rings is 3. The fourth-order valence-corrected chi connectivity index (χ4v) is 5.21. The molecule has 0 unspecified atom stereocenters. The van der Waals surface area contributed by atoms with E-state index in [1.54, 1.807) is 13.3 Å². The van der Waals surface area contributed by atoms with Gasteiger partial charge in [-0.2, -0.15) is 5.26 Å². The van der Waals surface area contributed by atoms with Gasteiger partial charge in [-0.05, 0) is 91.9 Å². The number of ether oxygens (including phenoxy) is 1. The number of hydrogen-bond acceptors (Lipinski definition) is 7. The number of methoxy groups -OCH3 is 1. The number of nitrogens with one attached hydrogen (secondary N) is 3. The van der Waals surface area contributed by atoms with E-state index in [0.717, 1.165) is 61.8 Å². The van der Waals surface area contributed by atoms with Gasteiger partial charge >= 0.3 is 0 Å². The first-order valence-electron chi connectivity index (χ1n) is 13.9. The molecule has 0 radical (unpaired) electrons. The zero-order valence-corrected chi connectivity index (χ0v) is 22.9. The van der Waals surface area contributed by atoms with E-state index in [-0.39, 0.29) is 0 Å². The summed E-state index contributed by atoms with van der Waals surface area (Å²) in [7, 11) is 1.68. The number of aromatic nitrogens is 1. The molecule has 1 aliphatic rings. The Balaban J connectivity index is 1.23. The minimum absolute atomic E-state index is 0.381. The van der Waals surface area contributed by atoms with Gasteiger partial charge in [-0.15, -0.1) is 0 Å². The van der Waals surface area contributed by atoms with Crippen molar-refractivity contribution in [1.82, 2.24) is 10.3 Å². The average Bonchev–Trinajstić information content (AvgIpc) is 3.02. The van der Waals surface area contributed by atoms with E-state index in [1.165, 1.54) is 11.3 Å². The highest BCUT2D eigenvalue weighted by Crippen LogP contribution is 2.30. The summed E-state index contributed by atoms with van der Waals surface area (Å²) in [4.78, 5) is 6.91. The first kappa shape index (κ1) is 27.0. The lowest BCUT2D eigenvalue weighted by Crippen LogP contribution is -2.45. The van der Waals surface area contributed by atoms with Crippen molar-refractivity contribution < 1.29 is 4.74 Å². The first-order valence-corrected chi connectivity index (χ1v) is 13.9. The molecule has 0 amide bonds. The van der Waals surface area contributed by atoms with Crippen molar-refractivity contribution in [3.05, 3.63) is 108 Å². The first-order chi connectivity index (χ1) is 19.7. The highest BCUT2D eigenvalue weighted by Gasteiger charge is 2.26. The number of rotatable bonds is 11. The van der Waals surface area contributed by atoms with Crippen LogP contribution in [0.1, 0.15) is 36.8 Å². The van der Waals surface area contributed by atoms with Gasteiger partial charge in [0.05, 0.1) is 19.3 Å². The molecular formula is C33H36N6O. The van der Waals surface area contributed by atoms with Gasteiger partial charge in [0.2, 0.25) is 0 Å². The van der Waals surface area contributed by atoms with Gasteiger partial charge in [-0.25, -0.2) is 4.98 Å². The van der Waals surface area contributed by atoms with E-state index in [2.05, 4.69) is 86.5 Å². The largest absolute Gasteiger partial charge is 0.497 e. The number of nitrogens with zero attached hydrogens (tertiary/aromatic N) is 3. The van der Waals surface area contributed by atoms with Gasteiger partial charge in [-0.3, -0.25) is 5.32 Å². The fraction of sp³-hybridized carbons (Fsp3) is 0.273. The van der Waals surface area contributed by atoms with Gasteiger partial charge < -0.3 is 20.3 Å². The SMILES string of the molecule is COc1ccc(Nc2ccc(N(CNCc3ccccc3)C3CCC(Nc4ccc(C#N)cn4)CC3)cc2)cc1. The van der Waals surface area contributed by atoms with Gasteiger partial charge in [0, 0.05) is 41.9 Å². The summed E-state index contributed by atoms with van der Waals surface area (Å²) in [5.74, 6) is 1.68. The molecule has 5 rings (SSSR count). The monoisotopic (exact) mass is 532 g/mol. The molecular weight excluding hydrogens is 496 g/mol. The summed E-state index contributed by atoms with van der Waals surface area (Å²) >= 11 is 0. The Kier molecular flexibility index (Phi) is 9.13. The summed E-state index contributed by atoms with van der Waals surface area (Å²) in [6.07, 6.45) is 5.94. The second-order valence-electron chi connectivity index (χ2n) is 10.1. The van der Waals surface area contributed by atoms with Gasteiger partial charge in [-0.1, -0.05) is 30.3 Å². The molecule has 204 valence electrons. The Hall–Kier alpha value is -4.54. The smallest absolute Gasteiger partial charge is 0.126 e. The summed E-state index contributed by atoms with van der Waals surface area (Å²) in [6, 6.07) is 33.9. The van der Waals surface area contributed by atoms with Crippen LogP contribution in [0.2, 0.25) is 0 Å². The Morgan fingerprint density at radius 1 is 0.875 bits per heavy atom. The minimum atomic E-state index is 0.381. The Morgan fingerprint density at radius 2 is 1.57 bits per heavy atom. The molecule has 0 spiro atoms. The van der Waals surface area contributed by atoms with E-state index in [1.807, 2.05) is 36.4 Å². The van der Waals surface area contributed by atoms with Crippen molar-refractivity contribution in [3.8, 4) is 11.8 Å². The highest BCUT2D eigenvalue weighted by atomic mass is 16.5. The van der Waals surface area contributed by atoms with Crippen LogP contribution in [-0.4, -0.2) is 30.8 Å². The van der Waals surface area contributed by atoms with Crippen LogP contribution in [0.25, 0.3) is 0 Å². The Bertz CT molecular complexity index is 1360. The predicted octanol–water partition coefficient (Wildman–Crippen LogP) is 6.68. The summed E-state index contributed by atoms with van der Waals surface area (Å²) in [5.41, 5.74) is 5.15. The second-order valence-corrected chi connectivity index (χ2v) is 10.1. The summed E-state index contributed by atoms with van der Waals surface area (Å²) in [5, 5.41) is 19.7. The van der Waals surface area contributed by atoms with Crippen LogP contribution in [0.5, 0.6) is 5.75 Å². The van der Waals surface area contributed by atoms with Crippen molar-refractivity contribution in [2.24, 2.45) is 0 Å². The van der Waals surface area contributed by atoms with Crippen LogP contribution in [0.4, 0.5) is 22.9 Å². The third kappa shape index (κ3) is 7.31. The molecule has 0 bridgehead atoms. The Labute approximate surface area is 236 Å². The second kappa shape index (κ2) is 13.5. The molecule has 7 heteroatoms. The standard InChI is InChI=1S/C33H36N6O/c1-40-32-18-12-28(13-19-32)37-27-8-14-30(15-9-27)39(24-35-22-25-5-3-2-4-6-25)31-16-10-29(11-17-31)38-33-20-7-26(21-34)23-36-33/h2-9,12-15,18-20,23,29,31,35,37H,10-11,16-17,22,24H2,1H3,(H,36,38). The molecule has 1 heterocycles. The van der Waals surface area contributed by atoms with Gasteiger partial charge in [0.25, 0.3) is 0 Å². The number of pyridine rings is 1. The topological polar surface area (TPSA) is 85.2 Å². The van der Waals surface area contributed by atoms with Crippen LogP contribution < -0.4 is 25.6 Å². The molecule has 0 atom stereocenters. The van der Waals surface area contributed by atoms with Crippen LogP contribution in [0.3, 0.4) is 0 Å². The van der Waals surface area contributed by atoms with Crippen molar-refractivity contribution in [2.45, 2.75) is 44.3 Å². The molecule has 0 aliphatic heterocycles. The summed E-state index contributed by atoms with van der Waals surface area (Å²) in [6.45, 7) is 1.61. The van der Waals surface area contributed by atoms with Crippen LogP contribution in [0, 0.1) is 11.3 Å². The fourth-order valence-electron chi connectivity index (χ4n) is 5.21. The molecule has 40 heavy (non-hydrogen) atoms. The molecule has 3 aromatic carbocycles. The maximum atomic E-state index is 9.02. The lowest BCUT2D eigenvalue weighted by molar-refractivity contribution is 0.382. The minimum Gasteiger partial charge on any atom is -0.497 e. The quantitative estimate of drug-likeness (QED) is 0.186. The van der Waals surface area contributed by atoms with Gasteiger partial charge in [0.1, 0.15) is 17.6 Å². The molecule has 0 saturated heterocycles. The number of nitriles is 1. The number of hydrogen-bond donors (Lipinski definition) is 3. The van der Waals surface area contributed by atoms with E-state index in [9.17, 15) is 0 Å². The van der Waals surface area contributed by atoms with Crippen LogP contribution in [-0.2, 0) is 6.54 Å². The van der Waals surface area contributed by atoms with Crippen molar-refractivity contribution in [2.75, 3.05) is 29.3 Å². The number of anilines is 4. The molecule has 1 fully saturated rings. The zero-order valence-electron chi connectivity index (χ0n) is 22.9. The van der Waals surface area contributed by atoms with E-state index in [4.69, 9.17) is 10.00 Å². The lowest BCUT2D eigenvalue weighted by atomic mass is 9.90. The summed E-state index contributed by atoms with van der Waals surface area (Å²) < 4.78 is 5.27. The van der Waals surface area contributed by atoms with Gasteiger partial charge in [0.15, 0.2) is 0 Å². The lowest BCUT2D eigenvalue weighted by Gasteiger charge is -2.39. The third-order valence-electron chi connectivity index (χ3n) is 7.41. The maximum Gasteiger partial charge on any atom is 0.126 e. The predicted molar refractivity (Wildman–Crippen MR) is 162 cm³/mol. The van der Waals surface area contributed by atoms with Crippen molar-refractivity contribution >= 4 is 22.9 Å². The molecule has 1 saturated carbocycles. The molecule has 7 nitrogen and oxygen atoms in total. The van der Waals surface area contributed by atoms with E-state index in [0.29, 0.717) is 17.6 Å². The van der Waals surface area contributed by atoms with E-state index >= 15 is 0 Å².